The van der Waals surface area contributed by atoms with Gasteiger partial charge in [0, 0.05) is 12.3 Å². The van der Waals surface area contributed by atoms with Crippen LogP contribution in [0.5, 0.6) is 11.5 Å². The molecule has 3 rings (SSSR count). The molecular weight excluding hydrogens is 352 g/mol. The van der Waals surface area contributed by atoms with Crippen LogP contribution >= 0.6 is 0 Å². The van der Waals surface area contributed by atoms with Crippen molar-refractivity contribution in [1.82, 2.24) is 4.98 Å². The van der Waals surface area contributed by atoms with E-state index < -0.39 is 18.0 Å². The van der Waals surface area contributed by atoms with Crippen LogP contribution in [0.15, 0.2) is 28.7 Å². The maximum absolute atomic E-state index is 12.7. The highest BCUT2D eigenvalue weighted by Crippen LogP contribution is 2.31. The van der Waals surface area contributed by atoms with Gasteiger partial charge in [0.15, 0.2) is 23.5 Å². The van der Waals surface area contributed by atoms with E-state index in [1.807, 2.05) is 19.9 Å². The summed E-state index contributed by atoms with van der Waals surface area (Å²) < 4.78 is 21.9. The topological polar surface area (TPSA) is 99.9 Å². The summed E-state index contributed by atoms with van der Waals surface area (Å²) in [5.74, 6) is 0.209. The fourth-order valence-electron chi connectivity index (χ4n) is 2.54. The Hall–Kier alpha value is -3.03. The van der Waals surface area contributed by atoms with Crippen molar-refractivity contribution in [2.24, 2.45) is 0 Å². The molecule has 2 heterocycles. The zero-order chi connectivity index (χ0) is 19.4. The Kier molecular flexibility index (Phi) is 5.63. The van der Waals surface area contributed by atoms with E-state index in [1.54, 1.807) is 25.1 Å². The Balaban J connectivity index is 1.80. The van der Waals surface area contributed by atoms with Gasteiger partial charge in [-0.2, -0.15) is 0 Å². The molecule has 27 heavy (non-hydrogen) atoms. The van der Waals surface area contributed by atoms with Crippen molar-refractivity contribution in [3.8, 4) is 11.5 Å². The molecule has 0 radical (unpaired) electrons. The third-order valence-corrected chi connectivity index (χ3v) is 3.89. The summed E-state index contributed by atoms with van der Waals surface area (Å²) in [4.78, 5) is 29.0. The van der Waals surface area contributed by atoms with Crippen LogP contribution in [0.3, 0.4) is 0 Å². The first kappa shape index (κ1) is 18.8. The summed E-state index contributed by atoms with van der Waals surface area (Å²) in [7, 11) is 0. The number of esters is 1. The number of ether oxygens (including phenoxy) is 3. The molecule has 1 aliphatic heterocycles. The number of nitrogens with one attached hydrogen (secondary N) is 1. The zero-order valence-electron chi connectivity index (χ0n) is 15.5. The molecule has 1 atom stereocenters. The number of anilines is 1. The van der Waals surface area contributed by atoms with E-state index in [9.17, 15) is 9.59 Å². The predicted molar refractivity (Wildman–Crippen MR) is 96.1 cm³/mol. The number of hydrogen-bond acceptors (Lipinski definition) is 7. The van der Waals surface area contributed by atoms with Crippen molar-refractivity contribution in [3.63, 3.8) is 0 Å². The monoisotopic (exact) mass is 374 g/mol. The van der Waals surface area contributed by atoms with Gasteiger partial charge in [-0.3, -0.25) is 10.1 Å². The second-order valence-electron chi connectivity index (χ2n) is 6.28. The van der Waals surface area contributed by atoms with Crippen molar-refractivity contribution in [1.29, 1.82) is 0 Å². The number of fused-ring (bicyclic) bond motifs is 1. The van der Waals surface area contributed by atoms with Crippen LogP contribution < -0.4 is 14.8 Å². The molecule has 0 fully saturated rings. The predicted octanol–water partition coefficient (Wildman–Crippen LogP) is 3.14. The van der Waals surface area contributed by atoms with E-state index >= 15 is 0 Å². The third-order valence-electron chi connectivity index (χ3n) is 3.89. The third kappa shape index (κ3) is 4.21. The highest BCUT2D eigenvalue weighted by atomic mass is 16.5. The summed E-state index contributed by atoms with van der Waals surface area (Å²) in [5, 5.41) is 2.60. The number of carbonyl (C=O) groups excluding carboxylic acids is 2. The molecule has 0 aliphatic carbocycles. The van der Waals surface area contributed by atoms with E-state index in [1.165, 1.54) is 0 Å². The minimum atomic E-state index is -0.795. The summed E-state index contributed by atoms with van der Waals surface area (Å²) in [6.07, 6.45) is -0.447. The SMILES string of the molecule is CCOC(=O)c1nc(C(C)C)oc1NC(=O)C1CCOc2ccccc2O1. The lowest BCUT2D eigenvalue weighted by Crippen LogP contribution is -2.33. The van der Waals surface area contributed by atoms with Gasteiger partial charge in [0.1, 0.15) is 0 Å². The second-order valence-corrected chi connectivity index (χ2v) is 6.28. The summed E-state index contributed by atoms with van der Waals surface area (Å²) in [6.45, 7) is 5.95. The highest BCUT2D eigenvalue weighted by Gasteiger charge is 2.29. The maximum Gasteiger partial charge on any atom is 0.362 e. The normalized spacial score (nSPS) is 15.9. The molecule has 0 saturated heterocycles. The quantitative estimate of drug-likeness (QED) is 0.803. The Bertz CT molecular complexity index is 829. The van der Waals surface area contributed by atoms with E-state index in [0.717, 1.165) is 0 Å². The summed E-state index contributed by atoms with van der Waals surface area (Å²) >= 11 is 0. The van der Waals surface area contributed by atoms with Gasteiger partial charge in [-0.25, -0.2) is 9.78 Å². The number of oxazole rings is 1. The molecule has 2 aromatic rings. The van der Waals surface area contributed by atoms with Gasteiger partial charge in [0.25, 0.3) is 5.91 Å². The number of hydrogen-bond donors (Lipinski definition) is 1. The van der Waals surface area contributed by atoms with Crippen molar-refractivity contribution < 1.29 is 28.2 Å². The van der Waals surface area contributed by atoms with E-state index in [0.29, 0.717) is 30.4 Å². The minimum absolute atomic E-state index is 0.0378. The van der Waals surface area contributed by atoms with Crippen molar-refractivity contribution in [3.05, 3.63) is 35.9 Å². The lowest BCUT2D eigenvalue weighted by Gasteiger charge is -2.15. The molecule has 1 aromatic carbocycles. The smallest absolute Gasteiger partial charge is 0.362 e. The van der Waals surface area contributed by atoms with Crippen LogP contribution in [0.25, 0.3) is 0 Å². The highest BCUT2D eigenvalue weighted by molar-refractivity contribution is 5.99. The molecule has 1 aromatic heterocycles. The molecule has 0 saturated carbocycles. The molecular formula is C19H22N2O6. The number of aromatic nitrogens is 1. The Morgan fingerprint density at radius 1 is 1.30 bits per heavy atom. The van der Waals surface area contributed by atoms with Crippen molar-refractivity contribution in [2.45, 2.75) is 39.2 Å². The van der Waals surface area contributed by atoms with Crippen LogP contribution in [0.1, 0.15) is 49.5 Å². The molecule has 0 spiro atoms. The first-order valence-electron chi connectivity index (χ1n) is 8.86. The van der Waals surface area contributed by atoms with Crippen LogP contribution in [-0.2, 0) is 9.53 Å². The number of para-hydroxylation sites is 2. The van der Waals surface area contributed by atoms with Crippen molar-refractivity contribution in [2.75, 3.05) is 18.5 Å². The Morgan fingerprint density at radius 3 is 2.74 bits per heavy atom. The van der Waals surface area contributed by atoms with E-state index in [4.69, 9.17) is 18.6 Å². The van der Waals surface area contributed by atoms with E-state index in [2.05, 4.69) is 10.3 Å². The number of rotatable bonds is 5. The van der Waals surface area contributed by atoms with Gasteiger partial charge < -0.3 is 18.6 Å². The molecule has 8 nitrogen and oxygen atoms in total. The largest absolute Gasteiger partial charge is 0.490 e. The lowest BCUT2D eigenvalue weighted by molar-refractivity contribution is -0.123. The zero-order valence-corrected chi connectivity index (χ0v) is 15.5. The van der Waals surface area contributed by atoms with Gasteiger partial charge in [0.2, 0.25) is 11.6 Å². The minimum Gasteiger partial charge on any atom is -0.490 e. The Morgan fingerprint density at radius 2 is 2.04 bits per heavy atom. The number of benzene rings is 1. The number of nitrogens with zero attached hydrogens (tertiary/aromatic N) is 1. The number of carbonyl (C=O) groups is 2. The molecule has 144 valence electrons. The molecule has 0 bridgehead atoms. The fourth-order valence-corrected chi connectivity index (χ4v) is 2.54. The molecule has 8 heteroatoms. The maximum atomic E-state index is 12.7. The average molecular weight is 374 g/mol. The van der Waals surface area contributed by atoms with E-state index in [-0.39, 0.29) is 24.1 Å². The van der Waals surface area contributed by atoms with Gasteiger partial charge in [-0.1, -0.05) is 26.0 Å². The van der Waals surface area contributed by atoms with Crippen LogP contribution in [0.2, 0.25) is 0 Å². The summed E-state index contributed by atoms with van der Waals surface area (Å²) in [6, 6.07) is 7.14. The van der Waals surface area contributed by atoms with Gasteiger partial charge in [-0.15, -0.1) is 0 Å². The average Bonchev–Trinajstić information content (AvgIpc) is 2.94. The molecule has 1 amide bonds. The van der Waals surface area contributed by atoms with Gasteiger partial charge in [0.05, 0.1) is 13.2 Å². The van der Waals surface area contributed by atoms with Gasteiger partial charge in [-0.05, 0) is 19.1 Å². The van der Waals surface area contributed by atoms with Crippen molar-refractivity contribution >= 4 is 17.8 Å². The van der Waals surface area contributed by atoms with Crippen LogP contribution in [0, 0.1) is 0 Å². The van der Waals surface area contributed by atoms with Crippen LogP contribution in [-0.4, -0.2) is 36.2 Å². The Labute approximate surface area is 156 Å². The number of amides is 1. The summed E-state index contributed by atoms with van der Waals surface area (Å²) in [5.41, 5.74) is -0.0563. The second kappa shape index (κ2) is 8.11. The standard InChI is InChI=1S/C19H22N2O6/c1-4-24-19(23)15-18(27-17(20-15)11(2)3)21-16(22)14-9-10-25-12-7-5-6-8-13(12)26-14/h5-8,11,14H,4,9-10H2,1-3H3,(H,21,22). The first-order chi connectivity index (χ1) is 13.0. The van der Waals surface area contributed by atoms with Crippen LogP contribution in [0.4, 0.5) is 5.88 Å². The molecule has 1 aliphatic rings. The molecule has 1 N–H and O–H groups in total. The first-order valence-corrected chi connectivity index (χ1v) is 8.86. The fraction of sp³-hybridized carbons (Fsp3) is 0.421. The molecule has 1 unspecified atom stereocenters. The van der Waals surface area contributed by atoms with Gasteiger partial charge >= 0.3 is 5.97 Å². The lowest BCUT2D eigenvalue weighted by atomic mass is 10.2.